The van der Waals surface area contributed by atoms with Crippen LogP contribution in [-0.2, 0) is 17.9 Å². The number of rotatable bonds is 6. The lowest BCUT2D eigenvalue weighted by molar-refractivity contribution is -0.121. The topological polar surface area (TPSA) is 73.2 Å². The lowest BCUT2D eigenvalue weighted by Gasteiger charge is -2.09. The standard InChI is InChI=1S/C19H18FN3O3/c1-2-26-15-5-3-4-13(8-15)10-21-18(24)11-23-12-22-17-7-6-14(20)9-16(17)19(23)25/h3-9,12H,2,10-11H2,1H3,(H,21,24). The normalized spacial score (nSPS) is 10.7. The molecule has 0 aliphatic heterocycles. The molecule has 6 nitrogen and oxygen atoms in total. The van der Waals surface area contributed by atoms with Gasteiger partial charge in [0.25, 0.3) is 5.56 Å². The second-order valence-corrected chi connectivity index (χ2v) is 5.70. The molecule has 26 heavy (non-hydrogen) atoms. The number of carbonyl (C=O) groups is 1. The number of halogens is 1. The Morgan fingerprint density at radius 3 is 2.92 bits per heavy atom. The van der Waals surface area contributed by atoms with Gasteiger partial charge in [0, 0.05) is 6.54 Å². The van der Waals surface area contributed by atoms with Gasteiger partial charge in [-0.3, -0.25) is 14.2 Å². The second-order valence-electron chi connectivity index (χ2n) is 5.70. The molecular formula is C19H18FN3O3. The first kappa shape index (κ1) is 17.6. The van der Waals surface area contributed by atoms with Crippen molar-refractivity contribution in [2.45, 2.75) is 20.0 Å². The van der Waals surface area contributed by atoms with E-state index in [0.717, 1.165) is 21.9 Å². The van der Waals surface area contributed by atoms with Gasteiger partial charge in [-0.15, -0.1) is 0 Å². The lowest BCUT2D eigenvalue weighted by atomic mass is 10.2. The summed E-state index contributed by atoms with van der Waals surface area (Å²) in [7, 11) is 0. The molecule has 0 aliphatic carbocycles. The molecule has 0 bridgehead atoms. The highest BCUT2D eigenvalue weighted by Gasteiger charge is 2.09. The summed E-state index contributed by atoms with van der Waals surface area (Å²) in [6, 6.07) is 11.2. The number of nitrogens with one attached hydrogen (secondary N) is 1. The Bertz CT molecular complexity index is 1000. The summed E-state index contributed by atoms with van der Waals surface area (Å²) in [5.74, 6) is -0.129. The number of benzene rings is 2. The van der Waals surface area contributed by atoms with E-state index in [0.29, 0.717) is 18.7 Å². The molecular weight excluding hydrogens is 337 g/mol. The average Bonchev–Trinajstić information content (AvgIpc) is 2.63. The van der Waals surface area contributed by atoms with Crippen LogP contribution in [0.2, 0.25) is 0 Å². The number of carbonyl (C=O) groups excluding carboxylic acids is 1. The summed E-state index contributed by atoms with van der Waals surface area (Å²) in [5, 5.41) is 2.89. The summed E-state index contributed by atoms with van der Waals surface area (Å²) in [6.45, 7) is 2.58. The molecule has 0 atom stereocenters. The third-order valence-corrected chi connectivity index (χ3v) is 3.80. The Labute approximate surface area is 149 Å². The molecule has 1 amide bonds. The fourth-order valence-electron chi connectivity index (χ4n) is 2.57. The van der Waals surface area contributed by atoms with Crippen LogP contribution >= 0.6 is 0 Å². The molecule has 134 valence electrons. The quantitative estimate of drug-likeness (QED) is 0.736. The first-order valence-corrected chi connectivity index (χ1v) is 8.20. The number of hydrogen-bond donors (Lipinski definition) is 1. The van der Waals surface area contributed by atoms with E-state index in [9.17, 15) is 14.0 Å². The minimum absolute atomic E-state index is 0.143. The van der Waals surface area contributed by atoms with Crippen LogP contribution in [0.1, 0.15) is 12.5 Å². The largest absolute Gasteiger partial charge is 0.494 e. The predicted molar refractivity (Wildman–Crippen MR) is 95.4 cm³/mol. The van der Waals surface area contributed by atoms with Crippen molar-refractivity contribution < 1.29 is 13.9 Å². The van der Waals surface area contributed by atoms with Crippen molar-refractivity contribution in [3.63, 3.8) is 0 Å². The van der Waals surface area contributed by atoms with E-state index in [1.165, 1.54) is 18.5 Å². The molecule has 0 radical (unpaired) electrons. The molecule has 0 saturated carbocycles. The molecule has 0 saturated heterocycles. The minimum atomic E-state index is -0.521. The monoisotopic (exact) mass is 355 g/mol. The Morgan fingerprint density at radius 2 is 2.12 bits per heavy atom. The summed E-state index contributed by atoms with van der Waals surface area (Å²) in [4.78, 5) is 28.6. The predicted octanol–water partition coefficient (Wildman–Crippen LogP) is 2.25. The number of nitrogens with zero attached hydrogens (tertiary/aromatic N) is 2. The highest BCUT2D eigenvalue weighted by Crippen LogP contribution is 2.13. The van der Waals surface area contributed by atoms with Crippen LogP contribution in [-0.4, -0.2) is 22.1 Å². The summed E-state index contributed by atoms with van der Waals surface area (Å²) >= 11 is 0. The fraction of sp³-hybridized carbons (Fsp3) is 0.211. The number of aromatic nitrogens is 2. The van der Waals surface area contributed by atoms with Crippen molar-refractivity contribution in [1.29, 1.82) is 0 Å². The molecule has 2 aromatic carbocycles. The molecule has 0 fully saturated rings. The van der Waals surface area contributed by atoms with Gasteiger partial charge in [0.1, 0.15) is 18.1 Å². The first-order valence-electron chi connectivity index (χ1n) is 8.20. The summed E-state index contributed by atoms with van der Waals surface area (Å²) in [6.07, 6.45) is 1.29. The van der Waals surface area contributed by atoms with Gasteiger partial charge in [-0.25, -0.2) is 9.37 Å². The van der Waals surface area contributed by atoms with Crippen molar-refractivity contribution in [3.05, 3.63) is 70.5 Å². The Morgan fingerprint density at radius 1 is 1.27 bits per heavy atom. The third kappa shape index (κ3) is 4.05. The third-order valence-electron chi connectivity index (χ3n) is 3.80. The molecule has 3 rings (SSSR count). The van der Waals surface area contributed by atoms with E-state index in [4.69, 9.17) is 4.74 Å². The maximum atomic E-state index is 13.3. The smallest absolute Gasteiger partial charge is 0.261 e. The van der Waals surface area contributed by atoms with Crippen molar-refractivity contribution in [3.8, 4) is 5.75 Å². The average molecular weight is 355 g/mol. The number of hydrogen-bond acceptors (Lipinski definition) is 4. The number of fused-ring (bicyclic) bond motifs is 1. The summed E-state index contributed by atoms with van der Waals surface area (Å²) < 4.78 is 19.9. The molecule has 0 unspecified atom stereocenters. The molecule has 0 aliphatic rings. The molecule has 1 heterocycles. The highest BCUT2D eigenvalue weighted by atomic mass is 19.1. The highest BCUT2D eigenvalue weighted by molar-refractivity contribution is 5.79. The Hall–Kier alpha value is -3.22. The molecule has 0 spiro atoms. The molecule has 1 N–H and O–H groups in total. The van der Waals surface area contributed by atoms with E-state index in [2.05, 4.69) is 10.3 Å². The van der Waals surface area contributed by atoms with Crippen LogP contribution in [0.3, 0.4) is 0 Å². The van der Waals surface area contributed by atoms with E-state index < -0.39 is 11.4 Å². The number of ether oxygens (including phenoxy) is 1. The van der Waals surface area contributed by atoms with Gasteiger partial charge in [0.2, 0.25) is 5.91 Å². The Kier molecular flexibility index (Phi) is 5.26. The van der Waals surface area contributed by atoms with Crippen molar-refractivity contribution >= 4 is 16.8 Å². The second kappa shape index (κ2) is 7.77. The SMILES string of the molecule is CCOc1cccc(CNC(=O)Cn2cnc3ccc(F)cc3c2=O)c1. The minimum Gasteiger partial charge on any atom is -0.494 e. The van der Waals surface area contributed by atoms with Gasteiger partial charge >= 0.3 is 0 Å². The lowest BCUT2D eigenvalue weighted by Crippen LogP contribution is -2.32. The van der Waals surface area contributed by atoms with Crippen molar-refractivity contribution in [2.24, 2.45) is 0 Å². The van der Waals surface area contributed by atoms with Gasteiger partial charge in [0.05, 0.1) is 23.8 Å². The molecule has 7 heteroatoms. The van der Waals surface area contributed by atoms with Gasteiger partial charge in [-0.1, -0.05) is 12.1 Å². The van der Waals surface area contributed by atoms with Crippen LogP contribution in [0.5, 0.6) is 5.75 Å². The van der Waals surface area contributed by atoms with Crippen LogP contribution in [0, 0.1) is 5.82 Å². The van der Waals surface area contributed by atoms with E-state index in [1.54, 1.807) is 0 Å². The van der Waals surface area contributed by atoms with Gasteiger partial charge in [0.15, 0.2) is 0 Å². The zero-order chi connectivity index (χ0) is 18.5. The maximum Gasteiger partial charge on any atom is 0.261 e. The fourth-order valence-corrected chi connectivity index (χ4v) is 2.57. The van der Waals surface area contributed by atoms with Gasteiger partial charge in [-0.05, 0) is 42.8 Å². The molecule has 3 aromatic rings. The maximum absolute atomic E-state index is 13.3. The van der Waals surface area contributed by atoms with Crippen molar-refractivity contribution in [2.75, 3.05) is 6.61 Å². The first-order chi connectivity index (χ1) is 12.6. The van der Waals surface area contributed by atoms with E-state index in [1.807, 2.05) is 31.2 Å². The summed E-state index contributed by atoms with van der Waals surface area (Å²) in [5.41, 5.74) is 0.819. The van der Waals surface area contributed by atoms with Crippen LogP contribution in [0.25, 0.3) is 10.9 Å². The Balaban J connectivity index is 1.68. The van der Waals surface area contributed by atoms with Crippen LogP contribution < -0.4 is 15.6 Å². The number of amides is 1. The zero-order valence-electron chi connectivity index (χ0n) is 14.2. The zero-order valence-corrected chi connectivity index (χ0v) is 14.2. The van der Waals surface area contributed by atoms with E-state index >= 15 is 0 Å². The van der Waals surface area contributed by atoms with Crippen LogP contribution in [0.15, 0.2) is 53.6 Å². The van der Waals surface area contributed by atoms with Gasteiger partial charge in [-0.2, -0.15) is 0 Å². The van der Waals surface area contributed by atoms with Crippen LogP contribution in [0.4, 0.5) is 4.39 Å². The van der Waals surface area contributed by atoms with Crippen molar-refractivity contribution in [1.82, 2.24) is 14.9 Å². The van der Waals surface area contributed by atoms with E-state index in [-0.39, 0.29) is 17.8 Å². The van der Waals surface area contributed by atoms with Gasteiger partial charge < -0.3 is 10.1 Å². The molecule has 1 aromatic heterocycles.